The van der Waals surface area contributed by atoms with Gasteiger partial charge in [-0.2, -0.15) is 0 Å². The third kappa shape index (κ3) is 5.88. The molecule has 0 radical (unpaired) electrons. The van der Waals surface area contributed by atoms with Crippen molar-refractivity contribution in [3.05, 3.63) is 0 Å². The van der Waals surface area contributed by atoms with Gasteiger partial charge in [0, 0.05) is 46.7 Å². The van der Waals surface area contributed by atoms with E-state index in [1.54, 1.807) is 19.0 Å². The van der Waals surface area contributed by atoms with Crippen LogP contribution >= 0.6 is 0 Å². The standard InChI is InChI=1S/C14H28N4O2/c1-16(2)14(20)12-17-8-10-18(11-9-17)13(19)6-4-3-5-7-15/h3-12,15H2,1-2H3. The molecule has 6 heteroatoms. The van der Waals surface area contributed by atoms with Crippen LogP contribution in [-0.2, 0) is 9.59 Å². The fraction of sp³-hybridized carbons (Fsp3) is 0.857. The van der Waals surface area contributed by atoms with Gasteiger partial charge in [-0.25, -0.2) is 0 Å². The summed E-state index contributed by atoms with van der Waals surface area (Å²) >= 11 is 0. The molecule has 1 rings (SSSR count). The number of nitrogens with zero attached hydrogens (tertiary/aromatic N) is 3. The molecule has 0 aromatic carbocycles. The maximum atomic E-state index is 12.0. The van der Waals surface area contributed by atoms with E-state index in [2.05, 4.69) is 4.90 Å². The van der Waals surface area contributed by atoms with Crippen LogP contribution in [-0.4, -0.2) is 79.9 Å². The molecule has 0 aromatic rings. The van der Waals surface area contributed by atoms with Crippen molar-refractivity contribution in [3.8, 4) is 0 Å². The van der Waals surface area contributed by atoms with Gasteiger partial charge in [0.15, 0.2) is 0 Å². The molecule has 1 aliphatic heterocycles. The molecule has 2 N–H and O–H groups in total. The Morgan fingerprint density at radius 2 is 1.70 bits per heavy atom. The zero-order valence-electron chi connectivity index (χ0n) is 12.8. The summed E-state index contributed by atoms with van der Waals surface area (Å²) in [4.78, 5) is 29.3. The Morgan fingerprint density at radius 1 is 1.05 bits per heavy atom. The Labute approximate surface area is 121 Å². The van der Waals surface area contributed by atoms with Crippen molar-refractivity contribution in [2.45, 2.75) is 25.7 Å². The minimum Gasteiger partial charge on any atom is -0.348 e. The van der Waals surface area contributed by atoms with Crippen LogP contribution in [0.25, 0.3) is 0 Å². The highest BCUT2D eigenvalue weighted by Gasteiger charge is 2.22. The first kappa shape index (κ1) is 16.9. The van der Waals surface area contributed by atoms with Crippen LogP contribution in [0.15, 0.2) is 0 Å². The summed E-state index contributed by atoms with van der Waals surface area (Å²) in [6, 6.07) is 0. The van der Waals surface area contributed by atoms with Gasteiger partial charge in [-0.1, -0.05) is 6.42 Å². The third-order valence-electron chi connectivity index (χ3n) is 3.68. The number of piperazine rings is 1. The van der Waals surface area contributed by atoms with E-state index in [9.17, 15) is 9.59 Å². The molecule has 0 unspecified atom stereocenters. The van der Waals surface area contributed by atoms with Crippen molar-refractivity contribution >= 4 is 11.8 Å². The molecule has 1 saturated heterocycles. The lowest BCUT2D eigenvalue weighted by molar-refractivity contribution is -0.134. The first-order chi connectivity index (χ1) is 9.54. The molecule has 2 amide bonds. The largest absolute Gasteiger partial charge is 0.348 e. The number of carbonyl (C=O) groups excluding carboxylic acids is 2. The van der Waals surface area contributed by atoms with E-state index in [0.29, 0.717) is 19.5 Å². The molecule has 0 saturated carbocycles. The van der Waals surface area contributed by atoms with Crippen molar-refractivity contribution < 1.29 is 9.59 Å². The van der Waals surface area contributed by atoms with Crippen molar-refractivity contribution in [2.75, 3.05) is 53.4 Å². The lowest BCUT2D eigenvalue weighted by Crippen LogP contribution is -2.50. The first-order valence-corrected chi connectivity index (χ1v) is 7.45. The Bertz CT molecular complexity index is 312. The summed E-state index contributed by atoms with van der Waals surface area (Å²) < 4.78 is 0. The second-order valence-corrected chi connectivity index (χ2v) is 5.54. The van der Waals surface area contributed by atoms with E-state index in [0.717, 1.165) is 45.4 Å². The van der Waals surface area contributed by atoms with Gasteiger partial charge in [0.1, 0.15) is 0 Å². The maximum absolute atomic E-state index is 12.0. The highest BCUT2D eigenvalue weighted by atomic mass is 16.2. The molecule has 116 valence electrons. The number of nitrogens with two attached hydrogens (primary N) is 1. The molecule has 0 aromatic heterocycles. The highest BCUT2D eigenvalue weighted by Crippen LogP contribution is 2.07. The summed E-state index contributed by atoms with van der Waals surface area (Å²) in [6.45, 7) is 4.19. The predicted molar refractivity (Wildman–Crippen MR) is 79.2 cm³/mol. The van der Waals surface area contributed by atoms with Crippen molar-refractivity contribution in [3.63, 3.8) is 0 Å². The number of carbonyl (C=O) groups is 2. The monoisotopic (exact) mass is 284 g/mol. The molecular formula is C14H28N4O2. The van der Waals surface area contributed by atoms with Crippen LogP contribution < -0.4 is 5.73 Å². The van der Waals surface area contributed by atoms with Gasteiger partial charge in [-0.05, 0) is 19.4 Å². The van der Waals surface area contributed by atoms with E-state index < -0.39 is 0 Å². The fourth-order valence-corrected chi connectivity index (χ4v) is 2.24. The van der Waals surface area contributed by atoms with Crippen LogP contribution in [0.2, 0.25) is 0 Å². The van der Waals surface area contributed by atoms with E-state index in [1.165, 1.54) is 0 Å². The number of rotatable bonds is 7. The molecule has 0 bridgehead atoms. The topological polar surface area (TPSA) is 69.9 Å². The number of unbranched alkanes of at least 4 members (excludes halogenated alkanes) is 2. The molecule has 6 nitrogen and oxygen atoms in total. The van der Waals surface area contributed by atoms with E-state index >= 15 is 0 Å². The average molecular weight is 284 g/mol. The average Bonchev–Trinajstić information content (AvgIpc) is 2.44. The number of amides is 2. The zero-order valence-corrected chi connectivity index (χ0v) is 12.8. The quantitative estimate of drug-likeness (QED) is 0.654. The van der Waals surface area contributed by atoms with E-state index in [1.807, 2.05) is 4.90 Å². The van der Waals surface area contributed by atoms with Crippen molar-refractivity contribution in [2.24, 2.45) is 5.73 Å². The predicted octanol–water partition coefficient (Wildman–Crippen LogP) is -0.262. The van der Waals surface area contributed by atoms with Gasteiger partial charge in [0.25, 0.3) is 0 Å². The second-order valence-electron chi connectivity index (χ2n) is 5.54. The summed E-state index contributed by atoms with van der Waals surface area (Å²) in [7, 11) is 3.53. The SMILES string of the molecule is CN(C)C(=O)CN1CCN(C(=O)CCCCCN)CC1. The Hall–Kier alpha value is -1.14. The van der Waals surface area contributed by atoms with Gasteiger partial charge in [-0.3, -0.25) is 14.5 Å². The molecular weight excluding hydrogens is 256 g/mol. The number of likely N-dealkylation sites (N-methyl/N-ethyl adjacent to an activating group) is 1. The molecule has 1 fully saturated rings. The molecule has 0 aliphatic carbocycles. The minimum atomic E-state index is 0.117. The third-order valence-corrected chi connectivity index (χ3v) is 3.68. The summed E-state index contributed by atoms with van der Waals surface area (Å²) in [5, 5.41) is 0. The summed E-state index contributed by atoms with van der Waals surface area (Å²) in [5.74, 6) is 0.354. The number of hydrogen-bond acceptors (Lipinski definition) is 4. The van der Waals surface area contributed by atoms with Crippen molar-refractivity contribution in [1.29, 1.82) is 0 Å². The van der Waals surface area contributed by atoms with Gasteiger partial charge in [-0.15, -0.1) is 0 Å². The normalized spacial score (nSPS) is 16.2. The van der Waals surface area contributed by atoms with Gasteiger partial charge >= 0.3 is 0 Å². The van der Waals surface area contributed by atoms with Crippen LogP contribution in [0.1, 0.15) is 25.7 Å². The first-order valence-electron chi connectivity index (χ1n) is 7.45. The summed E-state index contributed by atoms with van der Waals surface area (Å²) in [6.07, 6.45) is 3.57. The van der Waals surface area contributed by atoms with E-state index in [-0.39, 0.29) is 11.8 Å². The smallest absolute Gasteiger partial charge is 0.236 e. The van der Waals surface area contributed by atoms with Crippen LogP contribution in [0.3, 0.4) is 0 Å². The van der Waals surface area contributed by atoms with Crippen LogP contribution in [0, 0.1) is 0 Å². The molecule has 1 aliphatic rings. The van der Waals surface area contributed by atoms with Gasteiger partial charge in [0.05, 0.1) is 6.54 Å². The minimum absolute atomic E-state index is 0.117. The lowest BCUT2D eigenvalue weighted by atomic mass is 10.1. The molecule has 0 spiro atoms. The van der Waals surface area contributed by atoms with Gasteiger partial charge in [0.2, 0.25) is 11.8 Å². The highest BCUT2D eigenvalue weighted by molar-refractivity contribution is 5.78. The Balaban J connectivity index is 2.21. The molecule has 0 atom stereocenters. The Morgan fingerprint density at radius 3 is 2.25 bits per heavy atom. The van der Waals surface area contributed by atoms with Crippen molar-refractivity contribution in [1.82, 2.24) is 14.7 Å². The zero-order chi connectivity index (χ0) is 15.0. The molecule has 20 heavy (non-hydrogen) atoms. The molecule has 1 heterocycles. The Kier molecular flexibility index (Phi) is 7.54. The number of hydrogen-bond donors (Lipinski definition) is 1. The lowest BCUT2D eigenvalue weighted by Gasteiger charge is -2.34. The summed E-state index contributed by atoms with van der Waals surface area (Å²) in [5.41, 5.74) is 5.43. The fourth-order valence-electron chi connectivity index (χ4n) is 2.24. The van der Waals surface area contributed by atoms with Gasteiger partial charge < -0.3 is 15.5 Å². The van der Waals surface area contributed by atoms with E-state index in [4.69, 9.17) is 5.73 Å². The van der Waals surface area contributed by atoms with Crippen LogP contribution in [0.5, 0.6) is 0 Å². The second kappa shape index (κ2) is 8.92. The van der Waals surface area contributed by atoms with Crippen LogP contribution in [0.4, 0.5) is 0 Å². The maximum Gasteiger partial charge on any atom is 0.236 e.